The number of aromatic nitrogens is 3. The number of hydrogen-bond donors (Lipinski definition) is 2. The zero-order valence-corrected chi connectivity index (χ0v) is 11.3. The lowest BCUT2D eigenvalue weighted by Crippen LogP contribution is -2.15. The summed E-state index contributed by atoms with van der Waals surface area (Å²) < 4.78 is 0. The van der Waals surface area contributed by atoms with E-state index < -0.39 is 5.69 Å². The quantitative estimate of drug-likeness (QED) is 0.672. The van der Waals surface area contributed by atoms with Crippen LogP contribution in [0.4, 0.5) is 5.82 Å². The van der Waals surface area contributed by atoms with E-state index in [2.05, 4.69) is 25.7 Å². The Kier molecular flexibility index (Phi) is 4.13. The van der Waals surface area contributed by atoms with Gasteiger partial charge in [0.1, 0.15) is 5.69 Å². The van der Waals surface area contributed by atoms with Crippen LogP contribution in [0.25, 0.3) is 0 Å². The highest BCUT2D eigenvalue weighted by atomic mass is 35.5. The average molecular weight is 298 g/mol. The Morgan fingerprint density at radius 1 is 1.42 bits per heavy atom. The van der Waals surface area contributed by atoms with Crippen LogP contribution in [0.2, 0.25) is 10.0 Å². The highest BCUT2D eigenvalue weighted by Gasteiger charge is 2.02. The fourth-order valence-electron chi connectivity index (χ4n) is 1.28. The Morgan fingerprint density at radius 3 is 3.00 bits per heavy atom. The van der Waals surface area contributed by atoms with E-state index in [0.29, 0.717) is 21.3 Å². The van der Waals surface area contributed by atoms with Gasteiger partial charge in [0, 0.05) is 5.56 Å². The number of nitrogens with zero attached hydrogens (tertiary/aromatic N) is 3. The zero-order chi connectivity index (χ0) is 13.8. The minimum Gasteiger partial charge on any atom is -0.260 e. The molecule has 0 aliphatic heterocycles. The molecule has 8 heteroatoms. The van der Waals surface area contributed by atoms with Gasteiger partial charge in [-0.05, 0) is 13.0 Å². The van der Waals surface area contributed by atoms with E-state index in [0.717, 1.165) is 0 Å². The Balaban J connectivity index is 2.18. The molecule has 19 heavy (non-hydrogen) atoms. The number of nitrogens with one attached hydrogen (secondary N) is 2. The SMILES string of the molecule is Cc1n[nH]c(=O)nc1N/N=C/c1cccc(Cl)c1Cl. The van der Waals surface area contributed by atoms with Crippen molar-refractivity contribution in [3.05, 3.63) is 50.0 Å². The molecular weight excluding hydrogens is 289 g/mol. The number of H-pyrrole nitrogens is 1. The second kappa shape index (κ2) is 5.81. The summed E-state index contributed by atoms with van der Waals surface area (Å²) in [5, 5.41) is 10.8. The Bertz CT molecular complexity index is 683. The van der Waals surface area contributed by atoms with Gasteiger partial charge in [0.05, 0.1) is 16.3 Å². The molecule has 2 aromatic rings. The minimum atomic E-state index is -0.552. The lowest BCUT2D eigenvalue weighted by molar-refractivity contribution is 0.879. The van der Waals surface area contributed by atoms with E-state index in [1.807, 2.05) is 0 Å². The minimum absolute atomic E-state index is 0.276. The number of rotatable bonds is 3. The van der Waals surface area contributed by atoms with Crippen LogP contribution in [0.3, 0.4) is 0 Å². The summed E-state index contributed by atoms with van der Waals surface area (Å²) in [5.74, 6) is 0.276. The van der Waals surface area contributed by atoms with E-state index in [-0.39, 0.29) is 5.82 Å². The van der Waals surface area contributed by atoms with Crippen LogP contribution in [0, 0.1) is 6.92 Å². The molecular formula is C11H9Cl2N5O. The first-order chi connectivity index (χ1) is 9.08. The maximum atomic E-state index is 11.0. The molecule has 1 aromatic heterocycles. The smallest absolute Gasteiger partial charge is 0.260 e. The molecule has 0 aliphatic carbocycles. The fourth-order valence-corrected chi connectivity index (χ4v) is 1.64. The lowest BCUT2D eigenvalue weighted by Gasteiger charge is -2.02. The van der Waals surface area contributed by atoms with Gasteiger partial charge in [0.15, 0.2) is 5.82 Å². The molecule has 0 radical (unpaired) electrons. The van der Waals surface area contributed by atoms with Gasteiger partial charge in [0.25, 0.3) is 0 Å². The molecule has 98 valence electrons. The highest BCUT2D eigenvalue weighted by Crippen LogP contribution is 2.24. The molecule has 0 unspecified atom stereocenters. The summed E-state index contributed by atoms with van der Waals surface area (Å²) in [4.78, 5) is 14.7. The number of hydrazone groups is 1. The van der Waals surface area contributed by atoms with Gasteiger partial charge in [-0.1, -0.05) is 35.3 Å². The lowest BCUT2D eigenvalue weighted by atomic mass is 10.2. The van der Waals surface area contributed by atoms with Gasteiger partial charge in [-0.2, -0.15) is 15.2 Å². The summed E-state index contributed by atoms with van der Waals surface area (Å²) in [6, 6.07) is 5.20. The number of aromatic amines is 1. The van der Waals surface area contributed by atoms with Crippen LogP contribution in [0.15, 0.2) is 28.1 Å². The highest BCUT2D eigenvalue weighted by molar-refractivity contribution is 6.43. The van der Waals surface area contributed by atoms with Crippen LogP contribution < -0.4 is 11.1 Å². The Hall–Kier alpha value is -1.92. The molecule has 6 nitrogen and oxygen atoms in total. The molecule has 0 spiro atoms. The Labute approximate surface area is 118 Å². The maximum Gasteiger partial charge on any atom is 0.363 e. The van der Waals surface area contributed by atoms with Crippen LogP contribution in [0.5, 0.6) is 0 Å². The van der Waals surface area contributed by atoms with Gasteiger partial charge < -0.3 is 0 Å². The average Bonchev–Trinajstić information content (AvgIpc) is 2.38. The number of aryl methyl sites for hydroxylation is 1. The topological polar surface area (TPSA) is 83.0 Å². The summed E-state index contributed by atoms with van der Waals surface area (Å²) in [6.07, 6.45) is 1.48. The van der Waals surface area contributed by atoms with E-state index in [4.69, 9.17) is 23.2 Å². The van der Waals surface area contributed by atoms with E-state index in [1.54, 1.807) is 25.1 Å². The van der Waals surface area contributed by atoms with Crippen molar-refractivity contribution in [2.45, 2.75) is 6.92 Å². The first-order valence-corrected chi connectivity index (χ1v) is 6.00. The predicted octanol–water partition coefficient (Wildman–Crippen LogP) is 2.23. The van der Waals surface area contributed by atoms with Crippen LogP contribution in [0.1, 0.15) is 11.3 Å². The molecule has 0 atom stereocenters. The largest absolute Gasteiger partial charge is 0.363 e. The second-order valence-corrected chi connectivity index (χ2v) is 4.37. The molecule has 0 fully saturated rings. The molecule has 0 aliphatic rings. The van der Waals surface area contributed by atoms with Crippen molar-refractivity contribution < 1.29 is 0 Å². The number of halogens is 2. The van der Waals surface area contributed by atoms with Crippen molar-refractivity contribution in [2.24, 2.45) is 5.10 Å². The van der Waals surface area contributed by atoms with Crippen molar-refractivity contribution in [1.29, 1.82) is 0 Å². The summed E-state index contributed by atoms with van der Waals surface area (Å²) in [7, 11) is 0. The van der Waals surface area contributed by atoms with Gasteiger partial charge in [-0.15, -0.1) is 0 Å². The number of hydrogen-bond acceptors (Lipinski definition) is 5. The first kappa shape index (κ1) is 13.5. The van der Waals surface area contributed by atoms with E-state index >= 15 is 0 Å². The molecule has 1 aromatic carbocycles. The first-order valence-electron chi connectivity index (χ1n) is 5.24. The molecule has 2 N–H and O–H groups in total. The summed E-state index contributed by atoms with van der Waals surface area (Å²) >= 11 is 11.9. The van der Waals surface area contributed by atoms with E-state index in [1.165, 1.54) is 6.21 Å². The molecule has 2 rings (SSSR count). The second-order valence-electron chi connectivity index (χ2n) is 3.59. The van der Waals surface area contributed by atoms with Gasteiger partial charge >= 0.3 is 5.69 Å². The molecule has 0 saturated heterocycles. The third-order valence-corrected chi connectivity index (χ3v) is 3.06. The van der Waals surface area contributed by atoms with Crippen molar-refractivity contribution in [1.82, 2.24) is 15.2 Å². The predicted molar refractivity (Wildman–Crippen MR) is 75.1 cm³/mol. The Morgan fingerprint density at radius 2 is 2.21 bits per heavy atom. The van der Waals surface area contributed by atoms with Crippen molar-refractivity contribution in [3.8, 4) is 0 Å². The van der Waals surface area contributed by atoms with Crippen molar-refractivity contribution in [2.75, 3.05) is 5.43 Å². The van der Waals surface area contributed by atoms with Crippen molar-refractivity contribution in [3.63, 3.8) is 0 Å². The summed E-state index contributed by atoms with van der Waals surface area (Å²) in [5.41, 5.74) is 3.24. The van der Waals surface area contributed by atoms with Gasteiger partial charge in [0.2, 0.25) is 0 Å². The molecule has 0 saturated carbocycles. The third kappa shape index (κ3) is 3.30. The zero-order valence-electron chi connectivity index (χ0n) is 9.82. The van der Waals surface area contributed by atoms with Gasteiger partial charge in [-0.3, -0.25) is 5.43 Å². The summed E-state index contributed by atoms with van der Waals surface area (Å²) in [6.45, 7) is 1.69. The molecule has 0 bridgehead atoms. The molecule has 0 amide bonds. The molecule has 1 heterocycles. The maximum absolute atomic E-state index is 11.0. The van der Waals surface area contributed by atoms with E-state index in [9.17, 15) is 4.79 Å². The fraction of sp³-hybridized carbons (Fsp3) is 0.0909. The number of benzene rings is 1. The van der Waals surface area contributed by atoms with Crippen LogP contribution >= 0.6 is 23.2 Å². The van der Waals surface area contributed by atoms with Crippen LogP contribution in [-0.2, 0) is 0 Å². The number of anilines is 1. The standard InChI is InChI=1S/C11H9Cl2N5O/c1-6-10(15-11(19)18-16-6)17-14-5-7-3-2-4-8(12)9(7)13/h2-5H,1H3,(H2,15,17,18,19)/b14-5+. The normalized spacial score (nSPS) is 10.9. The van der Waals surface area contributed by atoms with Crippen LogP contribution in [-0.4, -0.2) is 21.4 Å². The van der Waals surface area contributed by atoms with Crippen molar-refractivity contribution >= 4 is 35.2 Å². The monoisotopic (exact) mass is 297 g/mol. The third-order valence-electron chi connectivity index (χ3n) is 2.23. The van der Waals surface area contributed by atoms with Gasteiger partial charge in [-0.25, -0.2) is 9.89 Å².